The minimum absolute atomic E-state index is 0.251. The van der Waals surface area contributed by atoms with Crippen molar-refractivity contribution in [1.29, 1.82) is 0 Å². The molecule has 0 heterocycles. The summed E-state index contributed by atoms with van der Waals surface area (Å²) in [6.45, 7) is 11.7. The van der Waals surface area contributed by atoms with E-state index in [9.17, 15) is 0 Å². The van der Waals surface area contributed by atoms with Crippen LogP contribution in [0.25, 0.3) is 0 Å². The Bertz CT molecular complexity index is 329. The quantitative estimate of drug-likeness (QED) is 0.708. The van der Waals surface area contributed by atoms with E-state index in [2.05, 4.69) is 57.3 Å². The van der Waals surface area contributed by atoms with Gasteiger partial charge in [-0.05, 0) is 42.5 Å². The summed E-state index contributed by atoms with van der Waals surface area (Å²) in [5, 5.41) is 3.33. The van der Waals surface area contributed by atoms with E-state index < -0.39 is 0 Å². The highest BCUT2D eigenvalue weighted by atomic mass is 16.5. The highest BCUT2D eigenvalue weighted by molar-refractivity contribution is 5.31. The van der Waals surface area contributed by atoms with Crippen LogP contribution >= 0.6 is 0 Å². The molecule has 0 aromatic heterocycles. The summed E-state index contributed by atoms with van der Waals surface area (Å²) in [4.78, 5) is 0. The molecule has 0 aliphatic heterocycles. The maximum Gasteiger partial charge on any atom is 0.119 e. The van der Waals surface area contributed by atoms with Crippen molar-refractivity contribution in [3.05, 3.63) is 29.8 Å². The van der Waals surface area contributed by atoms with Gasteiger partial charge in [-0.3, -0.25) is 0 Å². The molecule has 1 N–H and O–H groups in total. The Labute approximate surface area is 112 Å². The number of ether oxygens (including phenoxy) is 1. The summed E-state index contributed by atoms with van der Waals surface area (Å²) in [5.74, 6) is 0.962. The first kappa shape index (κ1) is 15.0. The fraction of sp³-hybridized carbons (Fsp3) is 0.625. The fourth-order valence-electron chi connectivity index (χ4n) is 1.75. The maximum atomic E-state index is 5.69. The van der Waals surface area contributed by atoms with Crippen molar-refractivity contribution in [1.82, 2.24) is 5.32 Å². The molecule has 0 atom stereocenters. The van der Waals surface area contributed by atoms with E-state index >= 15 is 0 Å². The van der Waals surface area contributed by atoms with Crippen LogP contribution in [0.3, 0.4) is 0 Å². The van der Waals surface area contributed by atoms with Gasteiger partial charge in [0.05, 0.1) is 0 Å². The third kappa shape index (κ3) is 4.69. The Morgan fingerprint density at radius 3 is 2.28 bits per heavy atom. The molecule has 18 heavy (non-hydrogen) atoms. The van der Waals surface area contributed by atoms with Crippen LogP contribution in [0.4, 0.5) is 0 Å². The van der Waals surface area contributed by atoms with Crippen molar-refractivity contribution in [3.63, 3.8) is 0 Å². The maximum absolute atomic E-state index is 5.69. The van der Waals surface area contributed by atoms with E-state index in [0.29, 0.717) is 0 Å². The van der Waals surface area contributed by atoms with Crippen LogP contribution in [0.1, 0.15) is 46.1 Å². The molecule has 2 heteroatoms. The van der Waals surface area contributed by atoms with E-state index in [4.69, 9.17) is 4.74 Å². The molecule has 0 radical (unpaired) electrons. The molecule has 0 saturated carbocycles. The van der Waals surface area contributed by atoms with Gasteiger partial charge in [-0.1, -0.05) is 39.8 Å². The SMILES string of the molecule is CCCNCCOc1ccc(C(C)(C)CC)cc1. The number of nitrogens with one attached hydrogen (secondary N) is 1. The van der Waals surface area contributed by atoms with Gasteiger partial charge >= 0.3 is 0 Å². The highest BCUT2D eigenvalue weighted by Crippen LogP contribution is 2.27. The lowest BCUT2D eigenvalue weighted by Gasteiger charge is -2.23. The molecule has 102 valence electrons. The topological polar surface area (TPSA) is 21.3 Å². The standard InChI is InChI=1S/C16H27NO/c1-5-11-17-12-13-18-15-9-7-14(8-10-15)16(3,4)6-2/h7-10,17H,5-6,11-13H2,1-4H3. The van der Waals surface area contributed by atoms with Crippen molar-refractivity contribution < 1.29 is 4.74 Å². The molecule has 0 aliphatic rings. The van der Waals surface area contributed by atoms with E-state index in [-0.39, 0.29) is 5.41 Å². The Morgan fingerprint density at radius 2 is 1.72 bits per heavy atom. The second-order valence-electron chi connectivity index (χ2n) is 5.36. The van der Waals surface area contributed by atoms with Gasteiger partial charge in [-0.25, -0.2) is 0 Å². The molecule has 1 aromatic carbocycles. The largest absolute Gasteiger partial charge is 0.492 e. The average Bonchev–Trinajstić information content (AvgIpc) is 2.39. The Balaban J connectivity index is 2.41. The van der Waals surface area contributed by atoms with Crippen LogP contribution in [-0.2, 0) is 5.41 Å². The second kappa shape index (κ2) is 7.42. The van der Waals surface area contributed by atoms with Gasteiger partial charge in [-0.15, -0.1) is 0 Å². The van der Waals surface area contributed by atoms with Crippen molar-refractivity contribution in [2.75, 3.05) is 19.7 Å². The first-order chi connectivity index (χ1) is 8.60. The first-order valence-electron chi connectivity index (χ1n) is 7.04. The predicted octanol–water partition coefficient (Wildman–Crippen LogP) is 3.75. The van der Waals surface area contributed by atoms with Crippen LogP contribution < -0.4 is 10.1 Å². The molecule has 1 rings (SSSR count). The Kier molecular flexibility index (Phi) is 6.20. The zero-order valence-corrected chi connectivity index (χ0v) is 12.3. The molecule has 0 amide bonds. The molecular formula is C16H27NO. The molecule has 0 bridgehead atoms. The van der Waals surface area contributed by atoms with Gasteiger partial charge in [0.15, 0.2) is 0 Å². The third-order valence-corrected chi connectivity index (χ3v) is 3.49. The van der Waals surface area contributed by atoms with Crippen LogP contribution in [0.15, 0.2) is 24.3 Å². The summed E-state index contributed by atoms with van der Waals surface area (Å²) in [6.07, 6.45) is 2.31. The molecular weight excluding hydrogens is 222 g/mol. The summed E-state index contributed by atoms with van der Waals surface area (Å²) in [7, 11) is 0. The summed E-state index contributed by atoms with van der Waals surface area (Å²) < 4.78 is 5.69. The number of hydrogen-bond donors (Lipinski definition) is 1. The first-order valence-corrected chi connectivity index (χ1v) is 7.04. The van der Waals surface area contributed by atoms with Crippen molar-refractivity contribution in [2.45, 2.75) is 46.0 Å². The van der Waals surface area contributed by atoms with Crippen molar-refractivity contribution >= 4 is 0 Å². The molecule has 0 saturated heterocycles. The van der Waals surface area contributed by atoms with Crippen LogP contribution in [0.2, 0.25) is 0 Å². The Hall–Kier alpha value is -1.02. The summed E-state index contributed by atoms with van der Waals surface area (Å²) in [5.41, 5.74) is 1.63. The molecule has 0 unspecified atom stereocenters. The summed E-state index contributed by atoms with van der Waals surface area (Å²) in [6, 6.07) is 8.51. The molecule has 0 fully saturated rings. The minimum atomic E-state index is 0.251. The lowest BCUT2D eigenvalue weighted by molar-refractivity contribution is 0.314. The van der Waals surface area contributed by atoms with E-state index in [0.717, 1.165) is 31.9 Å². The molecule has 0 spiro atoms. The Morgan fingerprint density at radius 1 is 1.06 bits per heavy atom. The van der Waals surface area contributed by atoms with E-state index in [1.54, 1.807) is 0 Å². The lowest BCUT2D eigenvalue weighted by atomic mass is 9.82. The van der Waals surface area contributed by atoms with Gasteiger partial charge in [0, 0.05) is 6.54 Å². The molecule has 0 aliphatic carbocycles. The van der Waals surface area contributed by atoms with Crippen LogP contribution in [0.5, 0.6) is 5.75 Å². The highest BCUT2D eigenvalue weighted by Gasteiger charge is 2.17. The van der Waals surface area contributed by atoms with E-state index in [1.165, 1.54) is 12.0 Å². The van der Waals surface area contributed by atoms with Crippen molar-refractivity contribution in [3.8, 4) is 5.75 Å². The smallest absolute Gasteiger partial charge is 0.119 e. The molecule has 2 nitrogen and oxygen atoms in total. The van der Waals surface area contributed by atoms with Gasteiger partial charge < -0.3 is 10.1 Å². The fourth-order valence-corrected chi connectivity index (χ4v) is 1.75. The van der Waals surface area contributed by atoms with Gasteiger partial charge in [0.1, 0.15) is 12.4 Å². The number of benzene rings is 1. The van der Waals surface area contributed by atoms with E-state index in [1.807, 2.05) is 0 Å². The minimum Gasteiger partial charge on any atom is -0.492 e. The van der Waals surface area contributed by atoms with Gasteiger partial charge in [-0.2, -0.15) is 0 Å². The summed E-state index contributed by atoms with van der Waals surface area (Å²) >= 11 is 0. The van der Waals surface area contributed by atoms with Gasteiger partial charge in [0.2, 0.25) is 0 Å². The van der Waals surface area contributed by atoms with Crippen molar-refractivity contribution in [2.24, 2.45) is 0 Å². The van der Waals surface area contributed by atoms with Gasteiger partial charge in [0.25, 0.3) is 0 Å². The average molecular weight is 249 g/mol. The van der Waals surface area contributed by atoms with Crippen LogP contribution in [0, 0.1) is 0 Å². The lowest BCUT2D eigenvalue weighted by Crippen LogP contribution is -2.21. The third-order valence-electron chi connectivity index (χ3n) is 3.49. The number of rotatable bonds is 8. The van der Waals surface area contributed by atoms with Crippen LogP contribution in [-0.4, -0.2) is 19.7 Å². The number of hydrogen-bond acceptors (Lipinski definition) is 2. The second-order valence-corrected chi connectivity index (χ2v) is 5.36. The normalized spacial score (nSPS) is 11.6. The zero-order valence-electron chi connectivity index (χ0n) is 12.3. The monoisotopic (exact) mass is 249 g/mol. The molecule has 1 aromatic rings. The predicted molar refractivity (Wildman–Crippen MR) is 78.4 cm³/mol. The zero-order chi connectivity index (χ0) is 13.4.